The van der Waals surface area contributed by atoms with Crippen LogP contribution in [-0.2, 0) is 9.47 Å². The van der Waals surface area contributed by atoms with Gasteiger partial charge >= 0.3 is 6.09 Å². The van der Waals surface area contributed by atoms with Gasteiger partial charge in [-0.2, -0.15) is 0 Å². The average molecular weight is 330 g/mol. The van der Waals surface area contributed by atoms with Crippen molar-refractivity contribution in [2.24, 2.45) is 16.2 Å². The molecule has 0 rings (SSSR count). The lowest BCUT2D eigenvalue weighted by Gasteiger charge is -2.35. The molecule has 0 saturated heterocycles. The largest absolute Gasteiger partial charge is 0.447 e. The Morgan fingerprint density at radius 1 is 0.870 bits per heavy atom. The molecule has 0 heterocycles. The standard InChI is InChI=1S/C19H39NO3/c1-17(2,3)10-11-22-12-13-23-16(21)20-15(19(7,8)9)14-18(4,5)6/h15H,10-14H2,1-9H3,(H,20,21). The van der Waals surface area contributed by atoms with Crippen molar-refractivity contribution in [2.75, 3.05) is 19.8 Å². The Labute approximate surface area is 143 Å². The van der Waals surface area contributed by atoms with Crippen LogP contribution in [0.1, 0.15) is 75.2 Å². The molecule has 4 nitrogen and oxygen atoms in total. The highest BCUT2D eigenvalue weighted by atomic mass is 16.6. The molecule has 0 aromatic heterocycles. The first-order valence-electron chi connectivity index (χ1n) is 8.72. The molecule has 0 aliphatic rings. The number of hydrogen-bond acceptors (Lipinski definition) is 3. The van der Waals surface area contributed by atoms with Crippen LogP contribution < -0.4 is 5.32 Å². The highest BCUT2D eigenvalue weighted by Crippen LogP contribution is 2.30. The van der Waals surface area contributed by atoms with E-state index in [2.05, 4.69) is 67.6 Å². The third kappa shape index (κ3) is 13.4. The summed E-state index contributed by atoms with van der Waals surface area (Å²) in [5.41, 5.74) is 0.419. The highest BCUT2D eigenvalue weighted by molar-refractivity contribution is 5.67. The van der Waals surface area contributed by atoms with Gasteiger partial charge in [-0.3, -0.25) is 0 Å². The summed E-state index contributed by atoms with van der Waals surface area (Å²) in [6.45, 7) is 20.9. The minimum absolute atomic E-state index is 0.00446. The summed E-state index contributed by atoms with van der Waals surface area (Å²) in [5, 5.41) is 3.01. The molecule has 0 spiro atoms. The Bertz CT molecular complexity index is 345. The number of nitrogens with one attached hydrogen (secondary N) is 1. The van der Waals surface area contributed by atoms with Crippen molar-refractivity contribution >= 4 is 6.09 Å². The Kier molecular flexibility index (Phi) is 8.61. The van der Waals surface area contributed by atoms with E-state index in [1.54, 1.807) is 0 Å². The smallest absolute Gasteiger partial charge is 0.407 e. The summed E-state index contributed by atoms with van der Waals surface area (Å²) >= 11 is 0. The average Bonchev–Trinajstić information content (AvgIpc) is 2.28. The normalized spacial score (nSPS) is 14.5. The van der Waals surface area contributed by atoms with E-state index in [0.29, 0.717) is 19.8 Å². The van der Waals surface area contributed by atoms with Gasteiger partial charge in [0.1, 0.15) is 6.61 Å². The first kappa shape index (κ1) is 22.2. The minimum atomic E-state index is -0.353. The number of alkyl carbamates (subject to hydrolysis) is 1. The number of rotatable bonds is 7. The van der Waals surface area contributed by atoms with Crippen molar-refractivity contribution in [2.45, 2.75) is 81.2 Å². The maximum absolute atomic E-state index is 12.0. The minimum Gasteiger partial charge on any atom is -0.447 e. The van der Waals surface area contributed by atoms with E-state index in [-0.39, 0.29) is 28.4 Å². The van der Waals surface area contributed by atoms with Crippen LogP contribution in [0.25, 0.3) is 0 Å². The van der Waals surface area contributed by atoms with Gasteiger partial charge in [0.15, 0.2) is 0 Å². The van der Waals surface area contributed by atoms with Gasteiger partial charge < -0.3 is 14.8 Å². The van der Waals surface area contributed by atoms with Gasteiger partial charge in [0.05, 0.1) is 6.61 Å². The van der Waals surface area contributed by atoms with Crippen molar-refractivity contribution in [3.05, 3.63) is 0 Å². The van der Waals surface area contributed by atoms with E-state index in [9.17, 15) is 4.79 Å². The van der Waals surface area contributed by atoms with Gasteiger partial charge in [-0.1, -0.05) is 62.3 Å². The molecule has 1 amide bonds. The van der Waals surface area contributed by atoms with E-state index in [1.807, 2.05) is 0 Å². The first-order valence-corrected chi connectivity index (χ1v) is 8.72. The zero-order chi connectivity index (χ0) is 18.3. The third-order valence-electron chi connectivity index (χ3n) is 3.61. The number of hydrogen-bond donors (Lipinski definition) is 1. The summed E-state index contributed by atoms with van der Waals surface area (Å²) < 4.78 is 10.7. The molecule has 1 atom stereocenters. The molecule has 0 aromatic carbocycles. The molecular weight excluding hydrogens is 290 g/mol. The van der Waals surface area contributed by atoms with Crippen LogP contribution in [0.4, 0.5) is 4.79 Å². The van der Waals surface area contributed by atoms with E-state index in [0.717, 1.165) is 12.8 Å². The molecule has 4 heteroatoms. The molecule has 0 bridgehead atoms. The quantitative estimate of drug-likeness (QED) is 0.667. The topological polar surface area (TPSA) is 47.6 Å². The van der Waals surface area contributed by atoms with Crippen LogP contribution in [0.3, 0.4) is 0 Å². The van der Waals surface area contributed by atoms with Gasteiger partial charge in [0.2, 0.25) is 0 Å². The van der Waals surface area contributed by atoms with E-state index in [4.69, 9.17) is 9.47 Å². The molecule has 23 heavy (non-hydrogen) atoms. The van der Waals surface area contributed by atoms with E-state index in [1.165, 1.54) is 0 Å². The Morgan fingerprint density at radius 2 is 1.43 bits per heavy atom. The molecule has 0 radical (unpaired) electrons. The fourth-order valence-corrected chi connectivity index (χ4v) is 2.04. The van der Waals surface area contributed by atoms with Gasteiger partial charge in [-0.15, -0.1) is 0 Å². The van der Waals surface area contributed by atoms with Crippen LogP contribution in [0.15, 0.2) is 0 Å². The first-order chi connectivity index (χ1) is 10.2. The Hall–Kier alpha value is -0.770. The fourth-order valence-electron chi connectivity index (χ4n) is 2.04. The fraction of sp³-hybridized carbons (Fsp3) is 0.947. The molecule has 0 saturated carbocycles. The summed E-state index contributed by atoms with van der Waals surface area (Å²) in [7, 11) is 0. The van der Waals surface area contributed by atoms with Crippen molar-refractivity contribution in [1.29, 1.82) is 0 Å². The zero-order valence-electron chi connectivity index (χ0n) is 16.8. The van der Waals surface area contributed by atoms with E-state index < -0.39 is 0 Å². The molecule has 0 fully saturated rings. The third-order valence-corrected chi connectivity index (χ3v) is 3.61. The maximum Gasteiger partial charge on any atom is 0.407 e. The predicted octanol–water partition coefficient (Wildman–Crippen LogP) is 5.02. The van der Waals surface area contributed by atoms with Crippen LogP contribution in [0.2, 0.25) is 0 Å². The number of carbonyl (C=O) groups is 1. The van der Waals surface area contributed by atoms with Crippen molar-refractivity contribution in [3.8, 4) is 0 Å². The van der Waals surface area contributed by atoms with Crippen LogP contribution >= 0.6 is 0 Å². The number of carbonyl (C=O) groups excluding carboxylic acids is 1. The second-order valence-corrected chi connectivity index (χ2v) is 9.89. The lowest BCUT2D eigenvalue weighted by Crippen LogP contribution is -2.46. The van der Waals surface area contributed by atoms with Crippen LogP contribution in [0.5, 0.6) is 0 Å². The monoisotopic (exact) mass is 329 g/mol. The number of amides is 1. The summed E-state index contributed by atoms with van der Waals surface area (Å²) in [5.74, 6) is 0. The molecule has 0 aromatic rings. The van der Waals surface area contributed by atoms with Gasteiger partial charge in [-0.05, 0) is 29.1 Å². The van der Waals surface area contributed by atoms with Crippen LogP contribution in [0, 0.1) is 16.2 Å². The molecule has 1 unspecified atom stereocenters. The molecule has 1 N–H and O–H groups in total. The lowest BCUT2D eigenvalue weighted by molar-refractivity contribution is 0.0569. The Morgan fingerprint density at radius 3 is 1.87 bits per heavy atom. The summed E-state index contributed by atoms with van der Waals surface area (Å²) in [4.78, 5) is 12.0. The zero-order valence-corrected chi connectivity index (χ0v) is 16.8. The number of ether oxygens (including phenoxy) is 2. The molecule has 0 aliphatic heterocycles. The molecule has 0 aliphatic carbocycles. The second-order valence-electron chi connectivity index (χ2n) is 9.89. The van der Waals surface area contributed by atoms with Gasteiger partial charge in [0, 0.05) is 12.6 Å². The predicted molar refractivity (Wildman–Crippen MR) is 96.7 cm³/mol. The summed E-state index contributed by atoms with van der Waals surface area (Å²) in [6.07, 6.45) is 1.55. The lowest BCUT2D eigenvalue weighted by atomic mass is 9.77. The maximum atomic E-state index is 12.0. The van der Waals surface area contributed by atoms with Gasteiger partial charge in [0.25, 0.3) is 0 Å². The van der Waals surface area contributed by atoms with Gasteiger partial charge in [-0.25, -0.2) is 4.79 Å². The summed E-state index contributed by atoms with van der Waals surface area (Å²) in [6, 6.07) is 0.0804. The molecule has 138 valence electrons. The Balaban J connectivity index is 4.10. The van der Waals surface area contributed by atoms with Crippen molar-refractivity contribution < 1.29 is 14.3 Å². The van der Waals surface area contributed by atoms with Crippen molar-refractivity contribution in [3.63, 3.8) is 0 Å². The molecular formula is C19H39NO3. The van der Waals surface area contributed by atoms with Crippen LogP contribution in [-0.4, -0.2) is 32.0 Å². The second kappa shape index (κ2) is 8.91. The highest BCUT2D eigenvalue weighted by Gasteiger charge is 2.30. The van der Waals surface area contributed by atoms with Crippen molar-refractivity contribution in [1.82, 2.24) is 5.32 Å². The SMILES string of the molecule is CC(C)(C)CCOCCOC(=O)NC(CC(C)(C)C)C(C)(C)C. The van der Waals surface area contributed by atoms with E-state index >= 15 is 0 Å².